The summed E-state index contributed by atoms with van der Waals surface area (Å²) in [5.74, 6) is 2.20. The number of nitrogens with one attached hydrogen (secondary N) is 1. The molecule has 1 N–H and O–H groups in total. The molecule has 6 nitrogen and oxygen atoms in total. The highest BCUT2D eigenvalue weighted by atomic mass is 16.5. The average molecular weight is 287 g/mol. The van der Waals surface area contributed by atoms with E-state index in [0.29, 0.717) is 24.7 Å². The van der Waals surface area contributed by atoms with Crippen LogP contribution in [-0.2, 0) is 11.2 Å². The number of benzene rings is 1. The number of nitrogens with zero attached hydrogens (tertiary/aromatic N) is 2. The van der Waals surface area contributed by atoms with Gasteiger partial charge in [-0.15, -0.1) is 0 Å². The topological polar surface area (TPSA) is 77.3 Å². The highest BCUT2D eigenvalue weighted by Gasteiger charge is 2.29. The molecule has 0 saturated heterocycles. The normalized spacial score (nSPS) is 14.0. The van der Waals surface area contributed by atoms with Crippen molar-refractivity contribution in [3.8, 4) is 17.1 Å². The van der Waals surface area contributed by atoms with E-state index < -0.39 is 0 Å². The van der Waals surface area contributed by atoms with Crippen LogP contribution in [0.4, 0.5) is 0 Å². The van der Waals surface area contributed by atoms with E-state index in [2.05, 4.69) is 15.5 Å². The minimum atomic E-state index is 0.130. The molecule has 0 unspecified atom stereocenters. The van der Waals surface area contributed by atoms with Crippen molar-refractivity contribution in [2.24, 2.45) is 5.92 Å². The van der Waals surface area contributed by atoms with E-state index in [4.69, 9.17) is 9.26 Å². The maximum Gasteiger partial charge on any atom is 0.228 e. The summed E-state index contributed by atoms with van der Waals surface area (Å²) in [4.78, 5) is 15.8. The molecule has 1 heterocycles. The van der Waals surface area contributed by atoms with Gasteiger partial charge < -0.3 is 14.6 Å². The first-order valence-corrected chi connectivity index (χ1v) is 7.01. The third kappa shape index (κ3) is 3.39. The predicted molar refractivity (Wildman–Crippen MR) is 75.7 cm³/mol. The molecule has 1 aromatic heterocycles. The number of hydrogen-bond acceptors (Lipinski definition) is 5. The Morgan fingerprint density at radius 1 is 1.38 bits per heavy atom. The van der Waals surface area contributed by atoms with E-state index in [1.807, 2.05) is 24.3 Å². The van der Waals surface area contributed by atoms with Gasteiger partial charge >= 0.3 is 0 Å². The van der Waals surface area contributed by atoms with Crippen LogP contribution in [0.15, 0.2) is 28.8 Å². The van der Waals surface area contributed by atoms with E-state index >= 15 is 0 Å². The summed E-state index contributed by atoms with van der Waals surface area (Å²) in [6.07, 6.45) is 2.56. The Hall–Kier alpha value is -2.37. The number of carbonyl (C=O) groups is 1. The van der Waals surface area contributed by atoms with Gasteiger partial charge in [0.2, 0.25) is 17.6 Å². The second-order valence-electron chi connectivity index (χ2n) is 5.06. The number of hydrogen-bond donors (Lipinski definition) is 1. The molecule has 1 fully saturated rings. The Kier molecular flexibility index (Phi) is 3.85. The van der Waals surface area contributed by atoms with Crippen molar-refractivity contribution in [3.63, 3.8) is 0 Å². The third-order valence-electron chi connectivity index (χ3n) is 3.40. The minimum absolute atomic E-state index is 0.130. The standard InChI is InChI=1S/C15H17N3O3/c1-20-12-6-4-10(5-7-12)14-17-13(21-18-14)8-9-16-15(19)11-2-3-11/h4-7,11H,2-3,8-9H2,1H3,(H,16,19). The van der Waals surface area contributed by atoms with Crippen molar-refractivity contribution in [2.75, 3.05) is 13.7 Å². The summed E-state index contributed by atoms with van der Waals surface area (Å²) in [5.41, 5.74) is 0.868. The maximum atomic E-state index is 11.5. The lowest BCUT2D eigenvalue weighted by Crippen LogP contribution is -2.26. The van der Waals surface area contributed by atoms with Crippen LogP contribution in [0.3, 0.4) is 0 Å². The highest BCUT2D eigenvalue weighted by Crippen LogP contribution is 2.28. The van der Waals surface area contributed by atoms with Crippen LogP contribution in [0, 0.1) is 5.92 Å². The third-order valence-corrected chi connectivity index (χ3v) is 3.40. The molecule has 0 bridgehead atoms. The van der Waals surface area contributed by atoms with Gasteiger partial charge in [-0.3, -0.25) is 4.79 Å². The Morgan fingerprint density at radius 3 is 2.81 bits per heavy atom. The van der Waals surface area contributed by atoms with Gasteiger partial charge in [-0.1, -0.05) is 5.16 Å². The van der Waals surface area contributed by atoms with Gasteiger partial charge in [0.25, 0.3) is 0 Å². The van der Waals surface area contributed by atoms with E-state index in [1.165, 1.54) is 0 Å². The molecule has 21 heavy (non-hydrogen) atoms. The fraction of sp³-hybridized carbons (Fsp3) is 0.400. The first kappa shape index (κ1) is 13.6. The summed E-state index contributed by atoms with van der Waals surface area (Å²) >= 11 is 0. The van der Waals surface area contributed by atoms with Gasteiger partial charge in [-0.05, 0) is 37.1 Å². The van der Waals surface area contributed by atoms with E-state index in [9.17, 15) is 4.79 Å². The van der Waals surface area contributed by atoms with Crippen LogP contribution in [0.1, 0.15) is 18.7 Å². The van der Waals surface area contributed by atoms with E-state index in [-0.39, 0.29) is 11.8 Å². The van der Waals surface area contributed by atoms with Crippen LogP contribution in [0.25, 0.3) is 11.4 Å². The summed E-state index contributed by atoms with van der Waals surface area (Å²) < 4.78 is 10.3. The fourth-order valence-corrected chi connectivity index (χ4v) is 2.00. The summed E-state index contributed by atoms with van der Waals surface area (Å²) in [6.45, 7) is 0.527. The zero-order valence-electron chi connectivity index (χ0n) is 11.8. The lowest BCUT2D eigenvalue weighted by atomic mass is 10.2. The number of rotatable bonds is 6. The molecule has 1 saturated carbocycles. The monoisotopic (exact) mass is 287 g/mol. The van der Waals surface area contributed by atoms with Gasteiger partial charge in [-0.2, -0.15) is 4.98 Å². The number of amides is 1. The predicted octanol–water partition coefficient (Wildman–Crippen LogP) is 1.81. The first-order chi connectivity index (χ1) is 10.3. The van der Waals surface area contributed by atoms with Crippen molar-refractivity contribution in [3.05, 3.63) is 30.2 Å². The lowest BCUT2D eigenvalue weighted by Gasteiger charge is -2.00. The van der Waals surface area contributed by atoms with Crippen molar-refractivity contribution in [1.82, 2.24) is 15.5 Å². The zero-order valence-corrected chi connectivity index (χ0v) is 11.8. The SMILES string of the molecule is COc1ccc(-c2noc(CCNC(=O)C3CC3)n2)cc1. The molecule has 1 amide bonds. The van der Waals surface area contributed by atoms with Crippen LogP contribution >= 0.6 is 0 Å². The Labute approximate surface area is 122 Å². The molecule has 110 valence electrons. The number of ether oxygens (including phenoxy) is 1. The van der Waals surface area contributed by atoms with Gasteiger partial charge in [-0.25, -0.2) is 0 Å². The molecule has 0 atom stereocenters. The molecule has 1 aromatic carbocycles. The minimum Gasteiger partial charge on any atom is -0.497 e. The van der Waals surface area contributed by atoms with Crippen molar-refractivity contribution in [1.29, 1.82) is 0 Å². The average Bonchev–Trinajstić information content (AvgIpc) is 3.27. The smallest absolute Gasteiger partial charge is 0.228 e. The van der Waals surface area contributed by atoms with Gasteiger partial charge in [0.1, 0.15) is 5.75 Å². The molecule has 3 rings (SSSR count). The molecule has 1 aliphatic carbocycles. The number of aromatic nitrogens is 2. The molecule has 0 aliphatic heterocycles. The molecule has 0 spiro atoms. The van der Waals surface area contributed by atoms with Crippen LogP contribution in [0.2, 0.25) is 0 Å². The second-order valence-corrected chi connectivity index (χ2v) is 5.06. The van der Waals surface area contributed by atoms with Gasteiger partial charge in [0.15, 0.2) is 0 Å². The second kappa shape index (κ2) is 5.95. The lowest BCUT2D eigenvalue weighted by molar-refractivity contribution is -0.122. The molecular formula is C15H17N3O3. The first-order valence-electron chi connectivity index (χ1n) is 7.01. The molecule has 0 radical (unpaired) electrons. The van der Waals surface area contributed by atoms with Crippen molar-refractivity contribution in [2.45, 2.75) is 19.3 Å². The van der Waals surface area contributed by atoms with Crippen molar-refractivity contribution < 1.29 is 14.1 Å². The highest BCUT2D eigenvalue weighted by molar-refractivity contribution is 5.80. The zero-order chi connectivity index (χ0) is 14.7. The largest absolute Gasteiger partial charge is 0.497 e. The molecule has 1 aliphatic rings. The van der Waals surface area contributed by atoms with Gasteiger partial charge in [0.05, 0.1) is 7.11 Å². The molecule has 2 aromatic rings. The van der Waals surface area contributed by atoms with Crippen LogP contribution < -0.4 is 10.1 Å². The maximum absolute atomic E-state index is 11.5. The van der Waals surface area contributed by atoms with E-state index in [1.54, 1.807) is 7.11 Å². The summed E-state index contributed by atoms with van der Waals surface area (Å²) in [6, 6.07) is 7.45. The molecule has 6 heteroatoms. The quantitative estimate of drug-likeness (QED) is 0.876. The summed E-state index contributed by atoms with van der Waals surface area (Å²) in [5, 5.41) is 6.82. The molecular weight excluding hydrogens is 270 g/mol. The number of methoxy groups -OCH3 is 1. The fourth-order valence-electron chi connectivity index (χ4n) is 2.00. The van der Waals surface area contributed by atoms with Crippen molar-refractivity contribution >= 4 is 5.91 Å². The Morgan fingerprint density at radius 2 is 2.14 bits per heavy atom. The number of carbonyl (C=O) groups excluding carboxylic acids is 1. The Balaban J connectivity index is 1.55. The van der Waals surface area contributed by atoms with Crippen LogP contribution in [0.5, 0.6) is 5.75 Å². The van der Waals surface area contributed by atoms with Gasteiger partial charge in [0, 0.05) is 24.4 Å². The summed E-state index contributed by atoms with van der Waals surface area (Å²) in [7, 11) is 1.62. The van der Waals surface area contributed by atoms with E-state index in [0.717, 1.165) is 24.2 Å². The Bertz CT molecular complexity index is 617. The van der Waals surface area contributed by atoms with Crippen LogP contribution in [-0.4, -0.2) is 29.7 Å².